The van der Waals surface area contributed by atoms with Crippen LogP contribution in [0.25, 0.3) is 0 Å². The Hall–Kier alpha value is -2.66. The van der Waals surface area contributed by atoms with E-state index < -0.39 is 11.9 Å². The Kier molecular flexibility index (Phi) is 5.14. The average Bonchev–Trinajstić information content (AvgIpc) is 3.08. The van der Waals surface area contributed by atoms with Crippen LogP contribution in [0.5, 0.6) is 0 Å². The zero-order chi connectivity index (χ0) is 17.8. The molecule has 0 bridgehead atoms. The fourth-order valence-electron chi connectivity index (χ4n) is 3.35. The molecule has 1 saturated heterocycles. The first-order chi connectivity index (χ1) is 12.1. The molecule has 2 aromatic carbocycles. The number of likely N-dealkylation sites (tertiary alicyclic amines) is 1. The summed E-state index contributed by atoms with van der Waals surface area (Å²) in [4.78, 5) is 26.1. The number of hydrogen-bond donors (Lipinski definition) is 1. The molecule has 0 saturated carbocycles. The highest BCUT2D eigenvalue weighted by atomic mass is 16.5. The molecule has 3 rings (SSSR count). The van der Waals surface area contributed by atoms with Crippen LogP contribution < -0.4 is 0 Å². The minimum Gasteiger partial charge on any atom is -0.481 e. The summed E-state index contributed by atoms with van der Waals surface area (Å²) >= 11 is 0. The lowest BCUT2D eigenvalue weighted by Crippen LogP contribution is -2.29. The van der Waals surface area contributed by atoms with Gasteiger partial charge in [0.25, 0.3) is 5.91 Å². The number of carbonyl (C=O) groups excluding carboxylic acids is 1. The van der Waals surface area contributed by atoms with Gasteiger partial charge < -0.3 is 14.7 Å². The summed E-state index contributed by atoms with van der Waals surface area (Å²) < 4.78 is 5.07. The monoisotopic (exact) mass is 339 g/mol. The van der Waals surface area contributed by atoms with E-state index in [0.29, 0.717) is 18.7 Å². The second kappa shape index (κ2) is 7.49. The summed E-state index contributed by atoms with van der Waals surface area (Å²) in [5.74, 6) is -1.76. The first kappa shape index (κ1) is 17.2. The molecular formula is C20H21NO4. The van der Waals surface area contributed by atoms with Crippen molar-refractivity contribution in [1.82, 2.24) is 4.90 Å². The van der Waals surface area contributed by atoms with Crippen LogP contribution in [0.3, 0.4) is 0 Å². The molecule has 130 valence electrons. The van der Waals surface area contributed by atoms with E-state index in [-0.39, 0.29) is 18.4 Å². The predicted molar refractivity (Wildman–Crippen MR) is 93.4 cm³/mol. The maximum atomic E-state index is 12.8. The Morgan fingerprint density at radius 3 is 2.36 bits per heavy atom. The van der Waals surface area contributed by atoms with E-state index >= 15 is 0 Å². The molecule has 1 aliphatic rings. The van der Waals surface area contributed by atoms with Gasteiger partial charge in [0, 0.05) is 31.7 Å². The molecule has 5 heteroatoms. The molecular weight excluding hydrogens is 318 g/mol. The molecule has 0 aliphatic carbocycles. The minimum atomic E-state index is -0.861. The Morgan fingerprint density at radius 2 is 1.76 bits per heavy atom. The summed E-state index contributed by atoms with van der Waals surface area (Å²) in [6.07, 6.45) is 0. The van der Waals surface area contributed by atoms with Gasteiger partial charge in [-0.1, -0.05) is 42.5 Å². The van der Waals surface area contributed by atoms with Crippen LogP contribution >= 0.6 is 0 Å². The van der Waals surface area contributed by atoms with Crippen molar-refractivity contribution in [3.8, 4) is 0 Å². The molecule has 5 nitrogen and oxygen atoms in total. The van der Waals surface area contributed by atoms with Crippen LogP contribution in [-0.4, -0.2) is 42.1 Å². The smallest absolute Gasteiger partial charge is 0.308 e. The molecule has 2 atom stereocenters. The molecule has 0 radical (unpaired) electrons. The number of methoxy groups -OCH3 is 1. The topological polar surface area (TPSA) is 66.8 Å². The lowest BCUT2D eigenvalue weighted by Gasteiger charge is -2.17. The van der Waals surface area contributed by atoms with Crippen molar-refractivity contribution in [3.05, 3.63) is 71.3 Å². The van der Waals surface area contributed by atoms with Crippen LogP contribution in [0, 0.1) is 5.92 Å². The van der Waals surface area contributed by atoms with Gasteiger partial charge >= 0.3 is 5.97 Å². The first-order valence-corrected chi connectivity index (χ1v) is 8.25. The molecule has 0 aromatic heterocycles. The van der Waals surface area contributed by atoms with Gasteiger partial charge in [0.1, 0.15) is 0 Å². The van der Waals surface area contributed by atoms with Crippen LogP contribution in [0.15, 0.2) is 54.6 Å². The van der Waals surface area contributed by atoms with Crippen LogP contribution in [0.2, 0.25) is 0 Å². The number of carbonyl (C=O) groups is 2. The number of amides is 1. The molecule has 1 fully saturated rings. The fraction of sp³-hybridized carbons (Fsp3) is 0.300. The highest BCUT2D eigenvalue weighted by Gasteiger charge is 2.40. The van der Waals surface area contributed by atoms with Crippen molar-refractivity contribution in [1.29, 1.82) is 0 Å². The number of rotatable bonds is 5. The van der Waals surface area contributed by atoms with E-state index in [1.54, 1.807) is 24.1 Å². The fourth-order valence-corrected chi connectivity index (χ4v) is 3.35. The molecule has 2 aromatic rings. The second-order valence-corrected chi connectivity index (χ2v) is 6.30. The normalized spacial score (nSPS) is 19.8. The van der Waals surface area contributed by atoms with Crippen molar-refractivity contribution >= 4 is 11.9 Å². The zero-order valence-electron chi connectivity index (χ0n) is 14.1. The van der Waals surface area contributed by atoms with Crippen molar-refractivity contribution in [2.24, 2.45) is 5.92 Å². The van der Waals surface area contributed by atoms with E-state index in [4.69, 9.17) is 4.74 Å². The summed E-state index contributed by atoms with van der Waals surface area (Å²) in [6, 6.07) is 16.8. The largest absolute Gasteiger partial charge is 0.481 e. The molecule has 0 spiro atoms. The quantitative estimate of drug-likeness (QED) is 0.910. The Bertz CT molecular complexity index is 742. The summed E-state index contributed by atoms with van der Waals surface area (Å²) in [6.45, 7) is 1.14. The number of nitrogens with zero attached hydrogens (tertiary/aromatic N) is 1. The number of ether oxygens (including phenoxy) is 1. The van der Waals surface area contributed by atoms with Gasteiger partial charge in [-0.05, 0) is 23.3 Å². The maximum Gasteiger partial charge on any atom is 0.308 e. The van der Waals surface area contributed by atoms with Crippen molar-refractivity contribution < 1.29 is 19.4 Å². The molecule has 25 heavy (non-hydrogen) atoms. The van der Waals surface area contributed by atoms with Crippen molar-refractivity contribution in [2.75, 3.05) is 20.2 Å². The summed E-state index contributed by atoms with van der Waals surface area (Å²) in [5, 5.41) is 9.56. The van der Waals surface area contributed by atoms with Crippen LogP contribution in [-0.2, 0) is 16.1 Å². The Morgan fingerprint density at radius 1 is 1.08 bits per heavy atom. The van der Waals surface area contributed by atoms with Crippen LogP contribution in [0.4, 0.5) is 0 Å². The molecule has 1 aliphatic heterocycles. The minimum absolute atomic E-state index is 0.131. The van der Waals surface area contributed by atoms with Gasteiger partial charge in [0.05, 0.1) is 12.5 Å². The van der Waals surface area contributed by atoms with E-state index in [2.05, 4.69) is 0 Å². The molecule has 2 unspecified atom stereocenters. The van der Waals surface area contributed by atoms with E-state index in [0.717, 1.165) is 11.1 Å². The van der Waals surface area contributed by atoms with Crippen LogP contribution in [0.1, 0.15) is 27.4 Å². The SMILES string of the molecule is COCc1ccc(C(=O)N2CC(C(=O)O)C(c3ccccc3)C2)cc1. The number of benzene rings is 2. The van der Waals surface area contributed by atoms with Gasteiger partial charge in [-0.25, -0.2) is 0 Å². The summed E-state index contributed by atoms with van der Waals surface area (Å²) in [5.41, 5.74) is 2.52. The number of aliphatic carboxylic acids is 1. The standard InChI is InChI=1S/C20H21NO4/c1-25-13-14-7-9-16(10-8-14)19(22)21-11-17(18(12-21)20(23)24)15-5-3-2-4-6-15/h2-10,17-18H,11-13H2,1H3,(H,23,24). The zero-order valence-corrected chi connectivity index (χ0v) is 14.1. The Balaban J connectivity index is 1.78. The van der Waals surface area contributed by atoms with Gasteiger partial charge in [0.2, 0.25) is 0 Å². The van der Waals surface area contributed by atoms with Gasteiger partial charge in [-0.3, -0.25) is 9.59 Å². The third-order valence-corrected chi connectivity index (χ3v) is 4.66. The van der Waals surface area contributed by atoms with Crippen molar-refractivity contribution in [3.63, 3.8) is 0 Å². The predicted octanol–water partition coefficient (Wildman–Crippen LogP) is 2.77. The molecule has 1 heterocycles. The lowest BCUT2D eigenvalue weighted by molar-refractivity contribution is -0.141. The highest BCUT2D eigenvalue weighted by Crippen LogP contribution is 2.33. The van der Waals surface area contributed by atoms with E-state index in [1.807, 2.05) is 42.5 Å². The van der Waals surface area contributed by atoms with Crippen molar-refractivity contribution in [2.45, 2.75) is 12.5 Å². The number of carboxylic acid groups (broad SMARTS) is 1. The maximum absolute atomic E-state index is 12.8. The molecule has 1 amide bonds. The summed E-state index contributed by atoms with van der Waals surface area (Å²) in [7, 11) is 1.62. The van der Waals surface area contributed by atoms with E-state index in [1.165, 1.54) is 0 Å². The van der Waals surface area contributed by atoms with Gasteiger partial charge in [-0.15, -0.1) is 0 Å². The Labute approximate surface area is 146 Å². The average molecular weight is 339 g/mol. The highest BCUT2D eigenvalue weighted by molar-refractivity contribution is 5.95. The van der Waals surface area contributed by atoms with E-state index in [9.17, 15) is 14.7 Å². The molecule has 1 N–H and O–H groups in total. The first-order valence-electron chi connectivity index (χ1n) is 8.25. The lowest BCUT2D eigenvalue weighted by atomic mass is 9.89. The third-order valence-electron chi connectivity index (χ3n) is 4.66. The second-order valence-electron chi connectivity index (χ2n) is 6.30. The number of carboxylic acids is 1. The van der Waals surface area contributed by atoms with Gasteiger partial charge in [-0.2, -0.15) is 0 Å². The number of hydrogen-bond acceptors (Lipinski definition) is 3. The van der Waals surface area contributed by atoms with Gasteiger partial charge in [0.15, 0.2) is 0 Å². The third kappa shape index (κ3) is 3.72.